The summed E-state index contributed by atoms with van der Waals surface area (Å²) < 4.78 is 5.03. The first-order chi connectivity index (χ1) is 8.31. The van der Waals surface area contributed by atoms with E-state index in [2.05, 4.69) is 15.3 Å². The molecule has 0 atom stereocenters. The third-order valence-electron chi connectivity index (χ3n) is 2.20. The fourth-order valence-corrected chi connectivity index (χ4v) is 1.57. The average Bonchev–Trinajstić information content (AvgIpc) is 2.39. The number of nitrogens with one attached hydrogen (secondary N) is 1. The molecule has 0 bridgehead atoms. The highest BCUT2D eigenvalue weighted by Gasteiger charge is 2.00. The van der Waals surface area contributed by atoms with Crippen LogP contribution in [0.1, 0.15) is 5.56 Å². The summed E-state index contributed by atoms with van der Waals surface area (Å²) in [6.45, 7) is 0. The maximum Gasteiger partial charge on any atom is 0.218 e. The van der Waals surface area contributed by atoms with Crippen molar-refractivity contribution in [1.29, 1.82) is 0 Å². The van der Waals surface area contributed by atoms with Gasteiger partial charge in [-0.3, -0.25) is 0 Å². The van der Waals surface area contributed by atoms with Crippen molar-refractivity contribution in [1.82, 2.24) is 9.97 Å². The Balaban J connectivity index is 2.18. The molecule has 0 amide bonds. The standard InChI is InChI=1S/C12H12ClN3O/c1-17-12-6-11(14-8-15-12)16-10-4-2-3-9(5-10)7-13/h2-6,8H,7H2,1H3,(H,14,15,16). The molecule has 0 aliphatic carbocycles. The summed E-state index contributed by atoms with van der Waals surface area (Å²) >= 11 is 5.78. The van der Waals surface area contributed by atoms with Crippen molar-refractivity contribution in [3.05, 3.63) is 42.2 Å². The summed E-state index contributed by atoms with van der Waals surface area (Å²) in [4.78, 5) is 8.04. The summed E-state index contributed by atoms with van der Waals surface area (Å²) in [6, 6.07) is 9.57. The van der Waals surface area contributed by atoms with Crippen molar-refractivity contribution >= 4 is 23.1 Å². The Bertz CT molecular complexity index is 459. The van der Waals surface area contributed by atoms with Gasteiger partial charge in [-0.1, -0.05) is 12.1 Å². The van der Waals surface area contributed by atoms with Gasteiger partial charge in [-0.25, -0.2) is 9.97 Å². The van der Waals surface area contributed by atoms with Gasteiger partial charge in [-0.15, -0.1) is 11.6 Å². The number of benzene rings is 1. The van der Waals surface area contributed by atoms with Gasteiger partial charge in [-0.2, -0.15) is 0 Å². The molecule has 0 aliphatic heterocycles. The highest BCUT2D eigenvalue weighted by atomic mass is 35.5. The van der Waals surface area contributed by atoms with Gasteiger partial charge in [0.25, 0.3) is 0 Å². The monoisotopic (exact) mass is 249 g/mol. The van der Waals surface area contributed by atoms with Gasteiger partial charge in [0.05, 0.1) is 7.11 Å². The number of hydrogen-bond donors (Lipinski definition) is 1. The highest BCUT2D eigenvalue weighted by molar-refractivity contribution is 6.17. The number of rotatable bonds is 4. The van der Waals surface area contributed by atoms with Gasteiger partial charge in [-0.05, 0) is 17.7 Å². The Morgan fingerprint density at radius 3 is 2.94 bits per heavy atom. The smallest absolute Gasteiger partial charge is 0.218 e. The molecule has 88 valence electrons. The van der Waals surface area contributed by atoms with E-state index in [0.29, 0.717) is 17.6 Å². The van der Waals surface area contributed by atoms with E-state index in [-0.39, 0.29) is 0 Å². The van der Waals surface area contributed by atoms with Crippen LogP contribution in [0.3, 0.4) is 0 Å². The minimum absolute atomic E-state index is 0.489. The lowest BCUT2D eigenvalue weighted by molar-refractivity contribution is 0.397. The van der Waals surface area contributed by atoms with Crippen molar-refractivity contribution in [2.45, 2.75) is 5.88 Å². The largest absolute Gasteiger partial charge is 0.481 e. The minimum atomic E-state index is 0.489. The van der Waals surface area contributed by atoms with Gasteiger partial charge in [0.1, 0.15) is 12.1 Å². The molecule has 0 spiro atoms. The van der Waals surface area contributed by atoms with Gasteiger partial charge in [0.2, 0.25) is 5.88 Å². The number of aromatic nitrogens is 2. The number of methoxy groups -OCH3 is 1. The number of halogens is 1. The SMILES string of the molecule is COc1cc(Nc2cccc(CCl)c2)ncn1. The quantitative estimate of drug-likeness (QED) is 0.847. The predicted molar refractivity (Wildman–Crippen MR) is 67.9 cm³/mol. The molecule has 0 radical (unpaired) electrons. The van der Waals surface area contributed by atoms with Crippen LogP contribution in [-0.4, -0.2) is 17.1 Å². The fraction of sp³-hybridized carbons (Fsp3) is 0.167. The minimum Gasteiger partial charge on any atom is -0.481 e. The molecular weight excluding hydrogens is 238 g/mol. The second kappa shape index (κ2) is 5.50. The Morgan fingerprint density at radius 1 is 1.29 bits per heavy atom. The molecule has 4 nitrogen and oxygen atoms in total. The normalized spacial score (nSPS) is 10.0. The van der Waals surface area contributed by atoms with Crippen molar-refractivity contribution in [3.63, 3.8) is 0 Å². The number of anilines is 2. The number of nitrogens with zero attached hydrogens (tertiary/aromatic N) is 2. The Kier molecular flexibility index (Phi) is 3.77. The first kappa shape index (κ1) is 11.7. The lowest BCUT2D eigenvalue weighted by atomic mass is 10.2. The maximum absolute atomic E-state index is 5.78. The second-order valence-electron chi connectivity index (χ2n) is 3.40. The molecule has 0 saturated carbocycles. The summed E-state index contributed by atoms with van der Waals surface area (Å²) in [5.74, 6) is 1.70. The molecule has 2 rings (SSSR count). The van der Waals surface area contributed by atoms with Gasteiger partial charge in [0, 0.05) is 17.6 Å². The second-order valence-corrected chi connectivity index (χ2v) is 3.67. The van der Waals surface area contributed by atoms with E-state index in [1.54, 1.807) is 13.2 Å². The number of ether oxygens (including phenoxy) is 1. The van der Waals surface area contributed by atoms with E-state index >= 15 is 0 Å². The lowest BCUT2D eigenvalue weighted by Crippen LogP contribution is -1.96. The molecule has 1 aromatic heterocycles. The molecule has 0 saturated heterocycles. The fourth-order valence-electron chi connectivity index (χ4n) is 1.40. The molecule has 1 N–H and O–H groups in total. The first-order valence-corrected chi connectivity index (χ1v) is 5.63. The van der Waals surface area contributed by atoms with Crippen LogP contribution in [0.25, 0.3) is 0 Å². The Morgan fingerprint density at radius 2 is 2.18 bits per heavy atom. The van der Waals surface area contributed by atoms with Crippen LogP contribution in [-0.2, 0) is 5.88 Å². The van der Waals surface area contributed by atoms with Crippen molar-refractivity contribution in [2.75, 3.05) is 12.4 Å². The molecule has 0 fully saturated rings. The zero-order valence-electron chi connectivity index (χ0n) is 9.35. The van der Waals surface area contributed by atoms with E-state index in [1.165, 1.54) is 6.33 Å². The lowest BCUT2D eigenvalue weighted by Gasteiger charge is -2.07. The van der Waals surface area contributed by atoms with E-state index in [1.807, 2.05) is 24.3 Å². The van der Waals surface area contributed by atoms with E-state index in [0.717, 1.165) is 11.3 Å². The van der Waals surface area contributed by atoms with E-state index in [4.69, 9.17) is 16.3 Å². The molecule has 0 aliphatic rings. The van der Waals surface area contributed by atoms with Crippen molar-refractivity contribution < 1.29 is 4.74 Å². The Labute approximate surface area is 105 Å². The summed E-state index contributed by atoms with van der Waals surface area (Å²) in [5, 5.41) is 3.16. The summed E-state index contributed by atoms with van der Waals surface area (Å²) in [6.07, 6.45) is 1.45. The van der Waals surface area contributed by atoms with Crippen LogP contribution < -0.4 is 10.1 Å². The third kappa shape index (κ3) is 3.07. The first-order valence-electron chi connectivity index (χ1n) is 5.10. The van der Waals surface area contributed by atoms with E-state index < -0.39 is 0 Å². The molecule has 0 unspecified atom stereocenters. The molecule has 17 heavy (non-hydrogen) atoms. The molecular formula is C12H12ClN3O. The third-order valence-corrected chi connectivity index (χ3v) is 2.51. The summed E-state index contributed by atoms with van der Waals surface area (Å²) in [5.41, 5.74) is 1.99. The topological polar surface area (TPSA) is 47.0 Å². The zero-order chi connectivity index (χ0) is 12.1. The number of hydrogen-bond acceptors (Lipinski definition) is 4. The van der Waals surface area contributed by atoms with Crippen LogP contribution in [0.15, 0.2) is 36.7 Å². The van der Waals surface area contributed by atoms with Crippen molar-refractivity contribution in [2.24, 2.45) is 0 Å². The molecule has 5 heteroatoms. The Hall–Kier alpha value is -1.81. The van der Waals surface area contributed by atoms with Crippen LogP contribution >= 0.6 is 11.6 Å². The number of alkyl halides is 1. The van der Waals surface area contributed by atoms with Crippen LogP contribution in [0.4, 0.5) is 11.5 Å². The van der Waals surface area contributed by atoms with E-state index in [9.17, 15) is 0 Å². The predicted octanol–water partition coefficient (Wildman–Crippen LogP) is 2.97. The van der Waals surface area contributed by atoms with Crippen LogP contribution in [0.2, 0.25) is 0 Å². The van der Waals surface area contributed by atoms with Gasteiger partial charge < -0.3 is 10.1 Å². The molecule has 1 aromatic carbocycles. The summed E-state index contributed by atoms with van der Waals surface area (Å²) in [7, 11) is 1.57. The van der Waals surface area contributed by atoms with Crippen molar-refractivity contribution in [3.8, 4) is 5.88 Å². The van der Waals surface area contributed by atoms with Gasteiger partial charge in [0.15, 0.2) is 0 Å². The van der Waals surface area contributed by atoms with Crippen LogP contribution in [0.5, 0.6) is 5.88 Å². The van der Waals surface area contributed by atoms with Gasteiger partial charge >= 0.3 is 0 Å². The highest BCUT2D eigenvalue weighted by Crippen LogP contribution is 2.18. The molecule has 1 heterocycles. The zero-order valence-corrected chi connectivity index (χ0v) is 10.1. The average molecular weight is 250 g/mol. The molecule has 2 aromatic rings. The maximum atomic E-state index is 5.78. The van der Waals surface area contributed by atoms with Crippen LogP contribution in [0, 0.1) is 0 Å².